The Morgan fingerprint density at radius 3 is 2.76 bits per heavy atom. The van der Waals surface area contributed by atoms with Crippen molar-refractivity contribution >= 4 is 17.7 Å². The number of carbonyl (C=O) groups excluding carboxylic acids is 1. The number of piperidine rings is 1. The van der Waals surface area contributed by atoms with E-state index in [9.17, 15) is 23.5 Å². The third kappa shape index (κ3) is 3.29. The van der Waals surface area contributed by atoms with Gasteiger partial charge in [-0.2, -0.15) is 0 Å². The van der Waals surface area contributed by atoms with Gasteiger partial charge in [0.1, 0.15) is 17.7 Å². The minimum absolute atomic E-state index is 0.195. The summed E-state index contributed by atoms with van der Waals surface area (Å²) in [5.74, 6) is -2.76. The largest absolute Gasteiger partial charge is 0.480 e. The fraction of sp³-hybridized carbons (Fsp3) is 0.429. The van der Waals surface area contributed by atoms with Gasteiger partial charge in [0, 0.05) is 12.6 Å². The minimum Gasteiger partial charge on any atom is -0.480 e. The molecule has 0 saturated carbocycles. The summed E-state index contributed by atoms with van der Waals surface area (Å²) < 4.78 is 26.6. The van der Waals surface area contributed by atoms with Crippen LogP contribution in [0.3, 0.4) is 0 Å². The summed E-state index contributed by atoms with van der Waals surface area (Å²) in [6.45, 7) is 2.02. The van der Waals surface area contributed by atoms with Crippen molar-refractivity contribution in [2.75, 3.05) is 11.9 Å². The predicted molar refractivity (Wildman–Crippen MR) is 71.9 cm³/mol. The Hall–Kier alpha value is -2.18. The summed E-state index contributed by atoms with van der Waals surface area (Å²) in [5.41, 5.74) is -0.303. The summed E-state index contributed by atoms with van der Waals surface area (Å²) in [6, 6.07) is 0.997. The highest BCUT2D eigenvalue weighted by Gasteiger charge is 2.37. The molecule has 7 heteroatoms. The van der Waals surface area contributed by atoms with Crippen LogP contribution in [-0.4, -0.2) is 34.6 Å². The van der Waals surface area contributed by atoms with Crippen molar-refractivity contribution in [1.82, 2.24) is 4.90 Å². The lowest BCUT2D eigenvalue weighted by Gasteiger charge is -2.37. The Balaban J connectivity index is 2.18. The molecule has 1 saturated heterocycles. The van der Waals surface area contributed by atoms with Gasteiger partial charge in [0.15, 0.2) is 0 Å². The lowest BCUT2D eigenvalue weighted by Crippen LogP contribution is -2.53. The average Bonchev–Trinajstić information content (AvgIpc) is 2.42. The monoisotopic (exact) mass is 298 g/mol. The number of carbonyl (C=O) groups is 2. The molecule has 114 valence electrons. The molecule has 2 amide bonds. The smallest absolute Gasteiger partial charge is 0.326 e. The van der Waals surface area contributed by atoms with Crippen LogP contribution < -0.4 is 5.32 Å². The summed E-state index contributed by atoms with van der Waals surface area (Å²) in [4.78, 5) is 24.6. The van der Waals surface area contributed by atoms with E-state index < -0.39 is 29.7 Å². The number of anilines is 1. The first kappa shape index (κ1) is 15.2. The molecule has 1 fully saturated rings. The number of aliphatic carboxylic acids is 1. The fourth-order valence-electron chi connectivity index (χ4n) is 2.57. The number of urea groups is 1. The quantitative estimate of drug-likeness (QED) is 0.882. The molecule has 2 atom stereocenters. The van der Waals surface area contributed by atoms with Crippen LogP contribution >= 0.6 is 0 Å². The molecule has 0 aromatic heterocycles. The summed E-state index contributed by atoms with van der Waals surface area (Å²) in [7, 11) is 0. The zero-order valence-electron chi connectivity index (χ0n) is 11.5. The number of rotatable bonds is 2. The Bertz CT molecular complexity index is 565. The molecule has 0 radical (unpaired) electrons. The molecule has 0 aliphatic carbocycles. The molecule has 1 aromatic rings. The molecule has 5 nitrogen and oxygen atoms in total. The highest BCUT2D eigenvalue weighted by Crippen LogP contribution is 2.25. The van der Waals surface area contributed by atoms with Crippen LogP contribution in [0.2, 0.25) is 0 Å². The van der Waals surface area contributed by atoms with Gasteiger partial charge in [0.05, 0.1) is 5.69 Å². The van der Waals surface area contributed by atoms with Crippen molar-refractivity contribution in [1.29, 1.82) is 0 Å². The van der Waals surface area contributed by atoms with Crippen LogP contribution in [0.5, 0.6) is 0 Å². The number of amides is 2. The number of benzene rings is 1. The van der Waals surface area contributed by atoms with Crippen molar-refractivity contribution in [3.05, 3.63) is 29.8 Å². The first-order valence-electron chi connectivity index (χ1n) is 6.65. The first-order valence-corrected chi connectivity index (χ1v) is 6.65. The number of carboxylic acid groups (broad SMARTS) is 1. The molecule has 0 spiro atoms. The molecular weight excluding hydrogens is 282 g/mol. The van der Waals surface area contributed by atoms with Crippen LogP contribution in [0.15, 0.2) is 18.2 Å². The van der Waals surface area contributed by atoms with E-state index in [-0.39, 0.29) is 18.2 Å². The zero-order chi connectivity index (χ0) is 15.6. The normalized spacial score (nSPS) is 22.0. The van der Waals surface area contributed by atoms with E-state index in [4.69, 9.17) is 0 Å². The maximum absolute atomic E-state index is 13.5. The van der Waals surface area contributed by atoms with Gasteiger partial charge >= 0.3 is 12.0 Å². The van der Waals surface area contributed by atoms with Gasteiger partial charge in [0.2, 0.25) is 0 Å². The number of halogens is 2. The SMILES string of the molecule is CC1CCCN(C(=O)Nc2cc(F)ccc2F)C1C(=O)O. The van der Waals surface area contributed by atoms with E-state index in [1.54, 1.807) is 6.92 Å². The van der Waals surface area contributed by atoms with E-state index in [1.165, 1.54) is 0 Å². The second-order valence-electron chi connectivity index (χ2n) is 5.15. The fourth-order valence-corrected chi connectivity index (χ4v) is 2.57. The van der Waals surface area contributed by atoms with E-state index in [0.717, 1.165) is 23.1 Å². The van der Waals surface area contributed by atoms with Crippen LogP contribution in [0.1, 0.15) is 19.8 Å². The van der Waals surface area contributed by atoms with Crippen LogP contribution in [-0.2, 0) is 4.79 Å². The standard InChI is InChI=1S/C14H16F2N2O3/c1-8-3-2-6-18(12(8)13(19)20)14(21)17-11-7-9(15)4-5-10(11)16/h4-5,7-8,12H,2-3,6H2,1H3,(H,17,21)(H,19,20). The Labute approximate surface area is 120 Å². The number of nitrogens with zero attached hydrogens (tertiary/aromatic N) is 1. The van der Waals surface area contributed by atoms with Gasteiger partial charge in [-0.25, -0.2) is 18.4 Å². The Morgan fingerprint density at radius 1 is 1.38 bits per heavy atom. The number of carboxylic acids is 1. The summed E-state index contributed by atoms with van der Waals surface area (Å²) in [5, 5.41) is 11.5. The number of nitrogens with one attached hydrogen (secondary N) is 1. The molecule has 1 aliphatic heterocycles. The van der Waals surface area contributed by atoms with Gasteiger partial charge in [-0.15, -0.1) is 0 Å². The summed E-state index contributed by atoms with van der Waals surface area (Å²) >= 11 is 0. The molecule has 0 bridgehead atoms. The van der Waals surface area contributed by atoms with Gasteiger partial charge < -0.3 is 15.3 Å². The van der Waals surface area contributed by atoms with Gasteiger partial charge in [-0.1, -0.05) is 6.92 Å². The summed E-state index contributed by atoms with van der Waals surface area (Å²) in [6.07, 6.45) is 1.37. The van der Waals surface area contributed by atoms with Crippen molar-refractivity contribution in [2.45, 2.75) is 25.8 Å². The lowest BCUT2D eigenvalue weighted by atomic mass is 9.91. The van der Waals surface area contributed by atoms with Gasteiger partial charge in [-0.05, 0) is 30.9 Å². The number of hydrogen-bond donors (Lipinski definition) is 2. The highest BCUT2D eigenvalue weighted by molar-refractivity contribution is 5.92. The van der Waals surface area contributed by atoms with Crippen LogP contribution in [0, 0.1) is 17.6 Å². The molecular formula is C14H16F2N2O3. The zero-order valence-corrected chi connectivity index (χ0v) is 11.5. The Kier molecular flexibility index (Phi) is 4.40. The molecule has 2 N–H and O–H groups in total. The maximum atomic E-state index is 13.5. The van der Waals surface area contributed by atoms with E-state index in [2.05, 4.69) is 5.32 Å². The van der Waals surface area contributed by atoms with E-state index in [0.29, 0.717) is 12.8 Å². The topological polar surface area (TPSA) is 69.6 Å². The van der Waals surface area contributed by atoms with Gasteiger partial charge in [0.25, 0.3) is 0 Å². The van der Waals surface area contributed by atoms with Crippen molar-refractivity contribution in [3.63, 3.8) is 0 Å². The number of likely N-dealkylation sites (tertiary alicyclic amines) is 1. The molecule has 1 heterocycles. The van der Waals surface area contributed by atoms with Crippen molar-refractivity contribution < 1.29 is 23.5 Å². The lowest BCUT2D eigenvalue weighted by molar-refractivity contribution is -0.145. The van der Waals surface area contributed by atoms with Crippen molar-refractivity contribution in [2.24, 2.45) is 5.92 Å². The molecule has 2 rings (SSSR count). The van der Waals surface area contributed by atoms with E-state index in [1.807, 2.05) is 0 Å². The van der Waals surface area contributed by atoms with Crippen LogP contribution in [0.25, 0.3) is 0 Å². The second-order valence-corrected chi connectivity index (χ2v) is 5.15. The van der Waals surface area contributed by atoms with Gasteiger partial charge in [-0.3, -0.25) is 0 Å². The average molecular weight is 298 g/mol. The van der Waals surface area contributed by atoms with Crippen LogP contribution in [0.4, 0.5) is 19.3 Å². The van der Waals surface area contributed by atoms with Crippen molar-refractivity contribution in [3.8, 4) is 0 Å². The minimum atomic E-state index is -1.10. The molecule has 1 aliphatic rings. The number of hydrogen-bond acceptors (Lipinski definition) is 2. The molecule has 2 unspecified atom stereocenters. The second kappa shape index (κ2) is 6.07. The van der Waals surface area contributed by atoms with E-state index >= 15 is 0 Å². The molecule has 21 heavy (non-hydrogen) atoms. The highest BCUT2D eigenvalue weighted by atomic mass is 19.1. The third-order valence-corrected chi connectivity index (χ3v) is 3.62. The Morgan fingerprint density at radius 2 is 2.10 bits per heavy atom. The third-order valence-electron chi connectivity index (χ3n) is 3.62. The maximum Gasteiger partial charge on any atom is 0.326 e. The predicted octanol–water partition coefficient (Wildman–Crippen LogP) is 2.68. The molecule has 1 aromatic carbocycles. The first-order chi connectivity index (χ1) is 9.90.